The van der Waals surface area contributed by atoms with Gasteiger partial charge >= 0.3 is 0 Å². The molecule has 31 heavy (non-hydrogen) atoms. The number of hydrogen-bond donors (Lipinski definition) is 2. The molecule has 6 heteroatoms. The predicted octanol–water partition coefficient (Wildman–Crippen LogP) is 4.01. The van der Waals surface area contributed by atoms with Gasteiger partial charge in [-0.15, -0.1) is 0 Å². The van der Waals surface area contributed by atoms with Crippen LogP contribution in [0, 0.1) is 5.41 Å². The Morgan fingerprint density at radius 3 is 2.74 bits per heavy atom. The van der Waals surface area contributed by atoms with E-state index in [-0.39, 0.29) is 11.6 Å². The van der Waals surface area contributed by atoms with E-state index < -0.39 is 5.41 Å². The highest BCUT2D eigenvalue weighted by atomic mass is 16.1. The van der Waals surface area contributed by atoms with Crippen LogP contribution in [0.25, 0.3) is 10.9 Å². The molecule has 4 rings (SSSR count). The summed E-state index contributed by atoms with van der Waals surface area (Å²) in [6.45, 7) is 0. The summed E-state index contributed by atoms with van der Waals surface area (Å²) in [4.78, 5) is 22.1. The molecule has 2 heterocycles. The molecule has 0 spiro atoms. The van der Waals surface area contributed by atoms with Crippen LogP contribution < -0.4 is 5.73 Å². The fourth-order valence-corrected chi connectivity index (χ4v) is 4.41. The maximum atomic E-state index is 13.2. The van der Waals surface area contributed by atoms with Crippen LogP contribution in [0.3, 0.4) is 0 Å². The van der Waals surface area contributed by atoms with Crippen LogP contribution in [0.1, 0.15) is 37.1 Å². The molecule has 1 aliphatic rings. The van der Waals surface area contributed by atoms with Gasteiger partial charge in [0, 0.05) is 37.4 Å². The van der Waals surface area contributed by atoms with E-state index in [2.05, 4.69) is 9.97 Å². The number of benzene rings is 1. The molecule has 1 aliphatic carbocycles. The molecule has 0 aliphatic heterocycles. The molecule has 2 aromatic heterocycles. The van der Waals surface area contributed by atoms with Crippen LogP contribution in [0.5, 0.6) is 0 Å². The Hall–Kier alpha value is -3.54. The van der Waals surface area contributed by atoms with E-state index in [4.69, 9.17) is 11.1 Å². The van der Waals surface area contributed by atoms with E-state index in [1.807, 2.05) is 60.4 Å². The number of nitrogens with zero attached hydrogens (tertiary/aromatic N) is 3. The number of rotatable bonds is 8. The smallest absolute Gasteiger partial charge is 0.177 e. The van der Waals surface area contributed by atoms with Crippen molar-refractivity contribution in [3.05, 3.63) is 84.1 Å². The largest absolute Gasteiger partial charge is 0.386 e. The summed E-state index contributed by atoms with van der Waals surface area (Å²) in [7, 11) is 2.01. The molecular weight excluding hydrogens is 386 g/mol. The van der Waals surface area contributed by atoms with Crippen LogP contribution >= 0.6 is 0 Å². The Morgan fingerprint density at radius 1 is 1.16 bits per heavy atom. The zero-order chi connectivity index (χ0) is 21.8. The molecule has 3 N–H and O–H groups in total. The van der Waals surface area contributed by atoms with Crippen LogP contribution in [-0.2, 0) is 23.7 Å². The van der Waals surface area contributed by atoms with Gasteiger partial charge in [0.1, 0.15) is 17.1 Å². The van der Waals surface area contributed by atoms with Crippen molar-refractivity contribution in [2.45, 2.75) is 37.5 Å². The van der Waals surface area contributed by atoms with E-state index in [0.717, 1.165) is 48.0 Å². The molecule has 1 atom stereocenters. The van der Waals surface area contributed by atoms with Crippen molar-refractivity contribution in [1.82, 2.24) is 14.5 Å². The first-order valence-corrected chi connectivity index (χ1v) is 10.6. The van der Waals surface area contributed by atoms with Crippen molar-refractivity contribution < 1.29 is 4.79 Å². The number of amidine groups is 1. The third-order valence-corrected chi connectivity index (χ3v) is 6.09. The summed E-state index contributed by atoms with van der Waals surface area (Å²) >= 11 is 0. The van der Waals surface area contributed by atoms with E-state index in [0.29, 0.717) is 12.0 Å². The fourth-order valence-electron chi connectivity index (χ4n) is 4.41. The van der Waals surface area contributed by atoms with Gasteiger partial charge in [-0.25, -0.2) is 4.98 Å². The topological polar surface area (TPSA) is 97.7 Å². The lowest BCUT2D eigenvalue weighted by molar-refractivity contribution is -0.117. The van der Waals surface area contributed by atoms with Crippen LogP contribution in [-0.4, -0.2) is 26.2 Å². The third-order valence-electron chi connectivity index (χ3n) is 6.09. The predicted molar refractivity (Wildman–Crippen MR) is 123 cm³/mol. The van der Waals surface area contributed by atoms with Crippen LogP contribution in [0.2, 0.25) is 0 Å². The molecule has 0 saturated heterocycles. The minimum Gasteiger partial charge on any atom is -0.386 e. The highest BCUT2D eigenvalue weighted by Gasteiger charge is 2.46. The average Bonchev–Trinajstić information content (AvgIpc) is 3.18. The van der Waals surface area contributed by atoms with E-state index in [1.165, 1.54) is 6.08 Å². The van der Waals surface area contributed by atoms with Crippen LogP contribution in [0.4, 0.5) is 0 Å². The number of imidazole rings is 1. The SMILES string of the molecule is Cn1ccnc1CCCCCC1=CC=CC(=O)C1(C(=N)N)c1cnc2ccccc2c1. The van der Waals surface area contributed by atoms with Crippen molar-refractivity contribution in [3.63, 3.8) is 0 Å². The Balaban J connectivity index is 1.56. The number of nitrogens with two attached hydrogens (primary N) is 1. The molecule has 1 unspecified atom stereocenters. The zero-order valence-corrected chi connectivity index (χ0v) is 17.7. The Bertz CT molecular complexity index is 1190. The van der Waals surface area contributed by atoms with Gasteiger partial charge in [-0.1, -0.05) is 36.8 Å². The molecule has 3 aromatic rings. The van der Waals surface area contributed by atoms with Gasteiger partial charge in [0.25, 0.3) is 0 Å². The number of aromatic nitrogens is 3. The van der Waals surface area contributed by atoms with Gasteiger partial charge in [-0.05, 0) is 48.6 Å². The molecule has 0 saturated carbocycles. The maximum Gasteiger partial charge on any atom is 0.177 e. The number of ketones is 1. The summed E-state index contributed by atoms with van der Waals surface area (Å²) in [6.07, 6.45) is 15.2. The van der Waals surface area contributed by atoms with Crippen LogP contribution in [0.15, 0.2) is 72.7 Å². The number of unbranched alkanes of at least 4 members (excludes halogenated alkanes) is 2. The molecule has 1 aromatic carbocycles. The lowest BCUT2D eigenvalue weighted by Crippen LogP contribution is -2.49. The fraction of sp³-hybridized carbons (Fsp3) is 0.280. The standard InChI is InChI=1S/C25H27N5O/c1-30-15-14-28-23(30)13-4-2-3-9-19-10-7-12-22(31)25(19,24(26)27)20-16-18-8-5-6-11-21(18)29-17-20/h5-8,10-12,14-17H,2-4,9,13H2,1H3,(H3,26,27). The van der Waals surface area contributed by atoms with E-state index in [1.54, 1.807) is 12.3 Å². The van der Waals surface area contributed by atoms with Gasteiger partial charge in [0.05, 0.1) is 5.52 Å². The lowest BCUT2D eigenvalue weighted by atomic mass is 9.66. The Morgan fingerprint density at radius 2 is 1.97 bits per heavy atom. The minimum atomic E-state index is -1.27. The number of pyridine rings is 1. The molecule has 0 bridgehead atoms. The highest BCUT2D eigenvalue weighted by Crippen LogP contribution is 2.39. The number of nitrogens with one attached hydrogen (secondary N) is 1. The van der Waals surface area contributed by atoms with Crippen molar-refractivity contribution >= 4 is 22.5 Å². The van der Waals surface area contributed by atoms with Gasteiger partial charge < -0.3 is 10.3 Å². The molecule has 6 nitrogen and oxygen atoms in total. The number of aryl methyl sites for hydroxylation is 2. The van der Waals surface area contributed by atoms with E-state index >= 15 is 0 Å². The second-order valence-electron chi connectivity index (χ2n) is 8.01. The average molecular weight is 414 g/mol. The number of carbonyl (C=O) groups is 1. The van der Waals surface area contributed by atoms with Crippen molar-refractivity contribution in [2.24, 2.45) is 12.8 Å². The maximum absolute atomic E-state index is 13.2. The first-order valence-electron chi connectivity index (χ1n) is 10.6. The quantitative estimate of drug-likeness (QED) is 0.331. The summed E-state index contributed by atoms with van der Waals surface area (Å²) < 4.78 is 2.04. The van der Waals surface area contributed by atoms with Gasteiger partial charge in [-0.2, -0.15) is 0 Å². The normalized spacial score (nSPS) is 18.4. The third kappa shape index (κ3) is 3.81. The van der Waals surface area contributed by atoms with Crippen molar-refractivity contribution in [2.75, 3.05) is 0 Å². The number of para-hydroxylation sites is 1. The lowest BCUT2D eigenvalue weighted by Gasteiger charge is -2.35. The molecule has 0 amide bonds. The number of fused-ring (bicyclic) bond motifs is 1. The highest BCUT2D eigenvalue weighted by molar-refractivity contribution is 6.20. The molecule has 0 radical (unpaired) electrons. The van der Waals surface area contributed by atoms with Crippen molar-refractivity contribution in [1.29, 1.82) is 5.41 Å². The summed E-state index contributed by atoms with van der Waals surface area (Å²) in [5, 5.41) is 9.35. The second-order valence-corrected chi connectivity index (χ2v) is 8.01. The first kappa shape index (κ1) is 20.7. The number of allylic oxidation sites excluding steroid dienone is 3. The molecular formula is C25H27N5O. The molecule has 0 fully saturated rings. The summed E-state index contributed by atoms with van der Waals surface area (Å²) in [5.41, 5.74) is 7.22. The summed E-state index contributed by atoms with van der Waals surface area (Å²) in [5.74, 6) is 0.746. The van der Waals surface area contributed by atoms with Crippen molar-refractivity contribution in [3.8, 4) is 0 Å². The molecule has 158 valence electrons. The number of hydrogen-bond acceptors (Lipinski definition) is 4. The first-order chi connectivity index (χ1) is 15.0. The Labute approximate surface area is 182 Å². The monoisotopic (exact) mass is 413 g/mol. The minimum absolute atomic E-state index is 0.154. The van der Waals surface area contributed by atoms with Gasteiger partial charge in [0.2, 0.25) is 0 Å². The zero-order valence-electron chi connectivity index (χ0n) is 17.7. The van der Waals surface area contributed by atoms with E-state index in [9.17, 15) is 4.79 Å². The summed E-state index contributed by atoms with van der Waals surface area (Å²) in [6, 6.07) is 9.70. The van der Waals surface area contributed by atoms with Gasteiger partial charge in [0.15, 0.2) is 5.78 Å². The Kier molecular flexibility index (Phi) is 5.80. The van der Waals surface area contributed by atoms with Gasteiger partial charge in [-0.3, -0.25) is 15.2 Å². The number of carbonyl (C=O) groups excluding carboxylic acids is 1. The second kappa shape index (κ2) is 8.68.